The van der Waals surface area contributed by atoms with Crippen LogP contribution in [0.5, 0.6) is 0 Å². The molecule has 0 amide bonds. The van der Waals surface area contributed by atoms with E-state index in [-0.39, 0.29) is 10.8 Å². The Morgan fingerprint density at radius 3 is 2.00 bits per heavy atom. The SMILES string of the molecule is CC(C)(C)c1ccc(N(c2ccc3c(c2)C(C)(C)c2ccccc2-3)c2ccc3ccccc3c2-c2cccc3sc4ccccc4c23)c(-c2ccccc2)c1. The maximum Gasteiger partial charge on any atom is 0.0546 e. The molecule has 0 N–H and O–H groups in total. The van der Waals surface area contributed by atoms with Gasteiger partial charge in [-0.25, -0.2) is 0 Å². The summed E-state index contributed by atoms with van der Waals surface area (Å²) in [5.74, 6) is 0. The van der Waals surface area contributed by atoms with E-state index >= 15 is 0 Å². The molecule has 0 bridgehead atoms. The first-order valence-electron chi connectivity index (χ1n) is 19.4. The summed E-state index contributed by atoms with van der Waals surface area (Å²) < 4.78 is 2.62. The zero-order valence-electron chi connectivity index (χ0n) is 32.0. The Morgan fingerprint density at radius 1 is 0.491 bits per heavy atom. The number of nitrogens with zero attached hydrogens (tertiary/aromatic N) is 1. The molecule has 1 heterocycles. The second kappa shape index (κ2) is 12.5. The summed E-state index contributed by atoms with van der Waals surface area (Å²) in [6.45, 7) is 11.7. The molecule has 0 aliphatic heterocycles. The number of benzene rings is 8. The highest BCUT2D eigenvalue weighted by Gasteiger charge is 2.36. The van der Waals surface area contributed by atoms with E-state index in [0.717, 1.165) is 17.1 Å². The van der Waals surface area contributed by atoms with Crippen LogP contribution in [0.15, 0.2) is 170 Å². The highest BCUT2D eigenvalue weighted by molar-refractivity contribution is 7.25. The third-order valence-corrected chi connectivity index (χ3v) is 13.0. The molecule has 0 atom stereocenters. The van der Waals surface area contributed by atoms with E-state index in [2.05, 4.69) is 209 Å². The summed E-state index contributed by atoms with van der Waals surface area (Å²) >= 11 is 1.88. The van der Waals surface area contributed by atoms with Crippen LogP contribution in [0.2, 0.25) is 0 Å². The predicted octanol–water partition coefficient (Wildman–Crippen LogP) is 15.6. The smallest absolute Gasteiger partial charge is 0.0546 e. The van der Waals surface area contributed by atoms with Gasteiger partial charge in [-0.15, -0.1) is 11.3 Å². The Morgan fingerprint density at radius 2 is 1.16 bits per heavy atom. The molecule has 1 aliphatic carbocycles. The lowest BCUT2D eigenvalue weighted by atomic mass is 9.82. The molecule has 0 fully saturated rings. The molecule has 55 heavy (non-hydrogen) atoms. The average Bonchev–Trinajstić information content (AvgIpc) is 3.70. The summed E-state index contributed by atoms with van der Waals surface area (Å²) in [6.07, 6.45) is 0. The first kappa shape index (κ1) is 33.6. The van der Waals surface area contributed by atoms with Crippen LogP contribution in [0, 0.1) is 0 Å². The zero-order valence-corrected chi connectivity index (χ0v) is 32.8. The average molecular weight is 726 g/mol. The highest BCUT2D eigenvalue weighted by Crippen LogP contribution is 2.54. The number of hydrogen-bond donors (Lipinski definition) is 0. The topological polar surface area (TPSA) is 3.24 Å². The lowest BCUT2D eigenvalue weighted by Crippen LogP contribution is -2.18. The molecule has 0 spiro atoms. The van der Waals surface area contributed by atoms with Crippen LogP contribution in [0.1, 0.15) is 51.3 Å². The van der Waals surface area contributed by atoms with Gasteiger partial charge in [0, 0.05) is 42.4 Å². The van der Waals surface area contributed by atoms with Crippen LogP contribution in [0.25, 0.3) is 64.3 Å². The van der Waals surface area contributed by atoms with Gasteiger partial charge < -0.3 is 4.90 Å². The Bertz CT molecular complexity index is 2940. The molecular formula is C53H43NS. The first-order valence-corrected chi connectivity index (χ1v) is 20.2. The summed E-state index contributed by atoms with van der Waals surface area (Å²) in [5, 5.41) is 5.10. The van der Waals surface area contributed by atoms with E-state index in [1.165, 1.54) is 81.0 Å². The minimum absolute atomic E-state index is 0.0139. The van der Waals surface area contributed by atoms with E-state index in [0.29, 0.717) is 0 Å². The Kier molecular flexibility index (Phi) is 7.67. The molecular weight excluding hydrogens is 683 g/mol. The van der Waals surface area contributed by atoms with Crippen LogP contribution in [-0.4, -0.2) is 0 Å². The van der Waals surface area contributed by atoms with Crippen molar-refractivity contribution in [1.29, 1.82) is 0 Å². The highest BCUT2D eigenvalue weighted by atomic mass is 32.1. The molecule has 0 radical (unpaired) electrons. The number of anilines is 3. The van der Waals surface area contributed by atoms with Gasteiger partial charge in [0.1, 0.15) is 0 Å². The number of fused-ring (bicyclic) bond motifs is 7. The second-order valence-corrected chi connectivity index (χ2v) is 17.6. The molecule has 9 aromatic rings. The molecule has 2 heteroatoms. The molecule has 10 rings (SSSR count). The maximum absolute atomic E-state index is 2.56. The van der Waals surface area contributed by atoms with Crippen molar-refractivity contribution >= 4 is 59.3 Å². The standard InChI is InChI=1S/C53H43NS/c1-52(2,3)36-27-31-46(43(32-36)34-16-7-6-8-17-34)54(37-28-29-40-39-20-11-13-23-44(39)53(4,5)45(40)33-37)47-30-26-35-18-9-10-19-38(35)50(47)42-22-15-25-49-51(42)41-21-12-14-24-48(41)55-49/h6-33H,1-5H3. The van der Waals surface area contributed by atoms with Crippen molar-refractivity contribution in [3.63, 3.8) is 0 Å². The predicted molar refractivity (Wildman–Crippen MR) is 239 cm³/mol. The fourth-order valence-electron chi connectivity index (χ4n) is 9.00. The van der Waals surface area contributed by atoms with E-state index in [1.807, 2.05) is 11.3 Å². The van der Waals surface area contributed by atoms with E-state index in [1.54, 1.807) is 0 Å². The normalized spacial score (nSPS) is 13.3. The van der Waals surface area contributed by atoms with Gasteiger partial charge in [-0.3, -0.25) is 0 Å². The minimum atomic E-state index is -0.140. The lowest BCUT2D eigenvalue weighted by Gasteiger charge is -2.33. The van der Waals surface area contributed by atoms with Crippen LogP contribution < -0.4 is 4.90 Å². The van der Waals surface area contributed by atoms with Crippen molar-refractivity contribution in [3.8, 4) is 33.4 Å². The number of rotatable bonds is 5. The van der Waals surface area contributed by atoms with Gasteiger partial charge in [-0.1, -0.05) is 162 Å². The Balaban J connectivity index is 1.33. The van der Waals surface area contributed by atoms with Crippen molar-refractivity contribution in [3.05, 3.63) is 187 Å². The van der Waals surface area contributed by atoms with Gasteiger partial charge in [0.05, 0.1) is 11.4 Å². The molecule has 8 aromatic carbocycles. The quantitative estimate of drug-likeness (QED) is 0.171. The molecule has 266 valence electrons. The number of hydrogen-bond acceptors (Lipinski definition) is 2. The third-order valence-electron chi connectivity index (χ3n) is 11.8. The van der Waals surface area contributed by atoms with Crippen LogP contribution in [-0.2, 0) is 10.8 Å². The van der Waals surface area contributed by atoms with Crippen molar-refractivity contribution in [2.24, 2.45) is 0 Å². The Hall–Kier alpha value is -5.96. The molecule has 1 aromatic heterocycles. The van der Waals surface area contributed by atoms with E-state index in [4.69, 9.17) is 0 Å². The van der Waals surface area contributed by atoms with Crippen LogP contribution in [0.4, 0.5) is 17.1 Å². The van der Waals surface area contributed by atoms with Crippen molar-refractivity contribution in [2.75, 3.05) is 4.90 Å². The largest absolute Gasteiger partial charge is 0.309 e. The third kappa shape index (κ3) is 5.34. The van der Waals surface area contributed by atoms with Crippen molar-refractivity contribution in [1.82, 2.24) is 0 Å². The van der Waals surface area contributed by atoms with Gasteiger partial charge >= 0.3 is 0 Å². The lowest BCUT2D eigenvalue weighted by molar-refractivity contribution is 0.590. The van der Waals surface area contributed by atoms with Gasteiger partial charge in [0.25, 0.3) is 0 Å². The fourth-order valence-corrected chi connectivity index (χ4v) is 10.1. The molecule has 0 saturated carbocycles. The summed E-state index contributed by atoms with van der Waals surface area (Å²) in [4.78, 5) is 2.56. The van der Waals surface area contributed by atoms with Crippen LogP contribution in [0.3, 0.4) is 0 Å². The zero-order chi connectivity index (χ0) is 37.5. The number of thiophene rings is 1. The van der Waals surface area contributed by atoms with Crippen LogP contribution >= 0.6 is 11.3 Å². The van der Waals surface area contributed by atoms with Gasteiger partial charge in [-0.05, 0) is 97.6 Å². The summed E-state index contributed by atoms with van der Waals surface area (Å²) in [6, 6.07) is 63.5. The fraction of sp³-hybridized carbons (Fsp3) is 0.132. The molecule has 1 nitrogen and oxygen atoms in total. The summed E-state index contributed by atoms with van der Waals surface area (Å²) in [7, 11) is 0. The van der Waals surface area contributed by atoms with E-state index < -0.39 is 0 Å². The maximum atomic E-state index is 2.56. The Labute approximate surface area is 328 Å². The monoisotopic (exact) mass is 725 g/mol. The molecule has 0 saturated heterocycles. The molecule has 1 aliphatic rings. The van der Waals surface area contributed by atoms with Gasteiger partial charge in [-0.2, -0.15) is 0 Å². The minimum Gasteiger partial charge on any atom is -0.309 e. The first-order chi connectivity index (χ1) is 26.7. The van der Waals surface area contributed by atoms with Crippen molar-refractivity contribution in [2.45, 2.75) is 45.4 Å². The summed E-state index contributed by atoms with van der Waals surface area (Å²) in [5.41, 5.74) is 15.0. The van der Waals surface area contributed by atoms with Gasteiger partial charge in [0.15, 0.2) is 0 Å². The van der Waals surface area contributed by atoms with Crippen molar-refractivity contribution < 1.29 is 0 Å². The van der Waals surface area contributed by atoms with E-state index in [9.17, 15) is 0 Å². The van der Waals surface area contributed by atoms with Gasteiger partial charge in [0.2, 0.25) is 0 Å². The molecule has 0 unspecified atom stereocenters. The second-order valence-electron chi connectivity index (χ2n) is 16.5.